The summed E-state index contributed by atoms with van der Waals surface area (Å²) >= 11 is 1.34. The number of Topliss-reactive ketones (excluding diaryl/α,β-unsaturated/α-hetero) is 1. The minimum atomic E-state index is -0.254. The van der Waals surface area contributed by atoms with Crippen molar-refractivity contribution < 1.29 is 14.0 Å². The molecule has 0 bridgehead atoms. The van der Waals surface area contributed by atoms with Gasteiger partial charge < -0.3 is 9.73 Å². The summed E-state index contributed by atoms with van der Waals surface area (Å²) in [5, 5.41) is 12.1. The number of ketones is 1. The van der Waals surface area contributed by atoms with Gasteiger partial charge in [0.1, 0.15) is 0 Å². The normalized spacial score (nSPS) is 14.9. The molecule has 32 heavy (non-hydrogen) atoms. The average molecular weight is 445 g/mol. The van der Waals surface area contributed by atoms with Gasteiger partial charge in [0, 0.05) is 11.3 Å². The highest BCUT2D eigenvalue weighted by atomic mass is 32.2. The summed E-state index contributed by atoms with van der Waals surface area (Å²) in [6.07, 6.45) is 1.60. The van der Waals surface area contributed by atoms with E-state index in [-0.39, 0.29) is 23.4 Å². The number of nitrogens with one attached hydrogen (secondary N) is 1. The highest BCUT2D eigenvalue weighted by Crippen LogP contribution is 2.33. The van der Waals surface area contributed by atoms with E-state index in [0.717, 1.165) is 16.8 Å². The molecule has 0 radical (unpaired) electrons. The number of hydrogen-bond acceptors (Lipinski definition) is 6. The van der Waals surface area contributed by atoms with E-state index in [4.69, 9.17) is 4.42 Å². The van der Waals surface area contributed by atoms with Crippen LogP contribution < -0.4 is 5.32 Å². The van der Waals surface area contributed by atoms with Crippen LogP contribution in [0.3, 0.4) is 0 Å². The van der Waals surface area contributed by atoms with E-state index >= 15 is 0 Å². The molecule has 2 aromatic carbocycles. The summed E-state index contributed by atoms with van der Waals surface area (Å²) in [6.45, 7) is 2.40. The third-order valence-corrected chi connectivity index (χ3v) is 6.43. The zero-order valence-electron chi connectivity index (χ0n) is 17.3. The molecule has 0 fully saturated rings. The van der Waals surface area contributed by atoms with Crippen molar-refractivity contribution in [1.29, 1.82) is 0 Å². The molecule has 0 saturated heterocycles. The Labute approximate surface area is 188 Å². The molecule has 8 heteroatoms. The van der Waals surface area contributed by atoms with Crippen LogP contribution in [-0.4, -0.2) is 32.2 Å². The van der Waals surface area contributed by atoms with Crippen molar-refractivity contribution in [3.05, 3.63) is 83.6 Å². The topological polar surface area (TPSA) is 90.0 Å². The number of nitrogens with zero attached hydrogens (tertiary/aromatic N) is 3. The minimum Gasteiger partial charge on any atom is -0.461 e. The molecular formula is C24H20N4O3S. The van der Waals surface area contributed by atoms with Crippen LogP contribution in [0.25, 0.3) is 11.6 Å². The fourth-order valence-electron chi connectivity index (χ4n) is 3.70. The molecule has 1 atom stereocenters. The van der Waals surface area contributed by atoms with E-state index in [1.54, 1.807) is 18.4 Å². The van der Waals surface area contributed by atoms with E-state index in [9.17, 15) is 9.59 Å². The molecule has 7 nitrogen and oxygen atoms in total. The van der Waals surface area contributed by atoms with Crippen molar-refractivity contribution in [2.45, 2.75) is 24.5 Å². The molecule has 1 aliphatic heterocycles. The summed E-state index contributed by atoms with van der Waals surface area (Å²) < 4.78 is 7.49. The third-order valence-electron chi connectivity index (χ3n) is 5.47. The maximum absolute atomic E-state index is 12.9. The van der Waals surface area contributed by atoms with Crippen molar-refractivity contribution in [3.63, 3.8) is 0 Å². The summed E-state index contributed by atoms with van der Waals surface area (Å²) in [5.74, 6) is 1.12. The number of carbonyl (C=O) groups excluding carboxylic acids is 2. The second-order valence-corrected chi connectivity index (χ2v) is 8.52. The van der Waals surface area contributed by atoms with Gasteiger partial charge in [0.15, 0.2) is 16.7 Å². The lowest BCUT2D eigenvalue weighted by Gasteiger charge is -2.09. The van der Waals surface area contributed by atoms with Crippen molar-refractivity contribution in [2.75, 3.05) is 11.1 Å². The Morgan fingerprint density at radius 2 is 1.97 bits per heavy atom. The second kappa shape index (κ2) is 8.47. The predicted octanol–water partition coefficient (Wildman–Crippen LogP) is 4.62. The first kappa shape index (κ1) is 20.3. The van der Waals surface area contributed by atoms with Crippen LogP contribution >= 0.6 is 11.8 Å². The Morgan fingerprint density at radius 3 is 2.75 bits per heavy atom. The molecule has 4 aromatic rings. The van der Waals surface area contributed by atoms with Crippen LogP contribution in [0.2, 0.25) is 0 Å². The molecule has 3 heterocycles. The quantitative estimate of drug-likeness (QED) is 0.331. The third kappa shape index (κ3) is 3.85. The van der Waals surface area contributed by atoms with Crippen molar-refractivity contribution >= 4 is 29.1 Å². The number of rotatable bonds is 7. The molecular weight excluding hydrogens is 424 g/mol. The first-order valence-electron chi connectivity index (χ1n) is 10.2. The fraction of sp³-hybridized carbons (Fsp3) is 0.167. The summed E-state index contributed by atoms with van der Waals surface area (Å²) in [4.78, 5) is 24.8. The number of fused-ring (bicyclic) bond motifs is 1. The zero-order valence-corrected chi connectivity index (χ0v) is 18.1. The number of thioether (sulfide) groups is 1. The molecule has 0 unspecified atom stereocenters. The molecule has 1 N–H and O–H groups in total. The Bertz CT molecular complexity index is 1280. The van der Waals surface area contributed by atoms with E-state index in [2.05, 4.69) is 15.5 Å². The lowest BCUT2D eigenvalue weighted by Crippen LogP contribution is -2.08. The molecule has 160 valence electrons. The van der Waals surface area contributed by atoms with Crippen LogP contribution in [0, 0.1) is 0 Å². The van der Waals surface area contributed by atoms with Crippen LogP contribution in [0.1, 0.15) is 34.3 Å². The largest absolute Gasteiger partial charge is 0.461 e. The Hall–Kier alpha value is -3.65. The number of furan rings is 1. The molecule has 5 rings (SSSR count). The van der Waals surface area contributed by atoms with Crippen molar-refractivity contribution in [2.24, 2.45) is 0 Å². The van der Waals surface area contributed by atoms with Gasteiger partial charge in [-0.05, 0) is 48.4 Å². The zero-order chi connectivity index (χ0) is 22.1. The monoisotopic (exact) mass is 444 g/mol. The highest BCUT2D eigenvalue weighted by Gasteiger charge is 2.27. The van der Waals surface area contributed by atoms with Crippen LogP contribution in [0.4, 0.5) is 5.69 Å². The average Bonchev–Trinajstić information content (AvgIpc) is 3.53. The van der Waals surface area contributed by atoms with Gasteiger partial charge in [0.05, 0.1) is 24.5 Å². The van der Waals surface area contributed by atoms with E-state index in [1.807, 2.05) is 60.0 Å². The Balaban J connectivity index is 1.38. The number of benzene rings is 2. The predicted molar refractivity (Wildman–Crippen MR) is 122 cm³/mol. The second-order valence-electron chi connectivity index (χ2n) is 7.58. The number of carbonyl (C=O) groups is 2. The van der Waals surface area contributed by atoms with Gasteiger partial charge in [0.2, 0.25) is 11.7 Å². The molecule has 1 aliphatic rings. The van der Waals surface area contributed by atoms with Gasteiger partial charge in [-0.3, -0.25) is 14.2 Å². The maximum atomic E-state index is 12.9. The molecule has 0 saturated carbocycles. The number of amides is 1. The van der Waals surface area contributed by atoms with Crippen molar-refractivity contribution in [1.82, 2.24) is 14.8 Å². The lowest BCUT2D eigenvalue weighted by molar-refractivity contribution is -0.116. The number of hydrogen-bond donors (Lipinski definition) is 1. The Morgan fingerprint density at radius 1 is 1.12 bits per heavy atom. The fourth-order valence-corrected chi connectivity index (χ4v) is 4.53. The smallest absolute Gasteiger partial charge is 0.231 e. The first-order valence-corrected chi connectivity index (χ1v) is 11.2. The maximum Gasteiger partial charge on any atom is 0.231 e. The molecule has 0 aliphatic carbocycles. The molecule has 1 amide bonds. The van der Waals surface area contributed by atoms with Crippen LogP contribution in [0.15, 0.2) is 76.5 Å². The lowest BCUT2D eigenvalue weighted by atomic mass is 9.99. The van der Waals surface area contributed by atoms with Gasteiger partial charge in [-0.25, -0.2) is 0 Å². The van der Waals surface area contributed by atoms with E-state index in [0.29, 0.717) is 28.8 Å². The van der Waals surface area contributed by atoms with Gasteiger partial charge >= 0.3 is 0 Å². The highest BCUT2D eigenvalue weighted by molar-refractivity contribution is 7.99. The van der Waals surface area contributed by atoms with Gasteiger partial charge in [0.25, 0.3) is 0 Å². The van der Waals surface area contributed by atoms with Gasteiger partial charge in [-0.1, -0.05) is 42.1 Å². The molecule has 2 aromatic heterocycles. The standard InChI is InChI=1S/C24H20N4O3S/c1-15-18-12-17(9-10-19(18)25-23(15)30)20(29)14-32-24-27-26-22(21-8-5-11-31-21)28(24)13-16-6-3-2-4-7-16/h2-12,15H,13-14H2,1H3,(H,25,30)/t15-/m1/s1. The SMILES string of the molecule is C[C@H]1C(=O)Nc2ccc(C(=O)CSc3nnc(-c4ccco4)n3Cc3ccccc3)cc21. The van der Waals surface area contributed by atoms with E-state index < -0.39 is 0 Å². The Kier molecular flexibility index (Phi) is 5.36. The summed E-state index contributed by atoms with van der Waals surface area (Å²) in [5.41, 5.74) is 3.31. The first-order chi connectivity index (χ1) is 15.6. The van der Waals surface area contributed by atoms with Gasteiger partial charge in [-0.2, -0.15) is 0 Å². The van der Waals surface area contributed by atoms with E-state index in [1.165, 1.54) is 11.8 Å². The summed E-state index contributed by atoms with van der Waals surface area (Å²) in [7, 11) is 0. The molecule has 0 spiro atoms. The summed E-state index contributed by atoms with van der Waals surface area (Å²) in [6, 6.07) is 19.0. The van der Waals surface area contributed by atoms with Crippen LogP contribution in [0.5, 0.6) is 0 Å². The van der Waals surface area contributed by atoms with Gasteiger partial charge in [-0.15, -0.1) is 10.2 Å². The van der Waals surface area contributed by atoms with Crippen molar-refractivity contribution in [3.8, 4) is 11.6 Å². The number of aromatic nitrogens is 3. The minimum absolute atomic E-state index is 0.0295. The van der Waals surface area contributed by atoms with Crippen LogP contribution in [-0.2, 0) is 11.3 Å². The number of anilines is 1.